The quantitative estimate of drug-likeness (QED) is 0.483. The van der Waals surface area contributed by atoms with Crippen LogP contribution in [0.5, 0.6) is 6.01 Å². The van der Waals surface area contributed by atoms with Crippen molar-refractivity contribution in [2.24, 2.45) is 0 Å². The van der Waals surface area contributed by atoms with Crippen LogP contribution in [0.3, 0.4) is 0 Å². The number of ether oxygens (including phenoxy) is 2. The molecule has 1 aromatic heterocycles. The predicted octanol–water partition coefficient (Wildman–Crippen LogP) is 4.16. The van der Waals surface area contributed by atoms with Crippen LogP contribution in [0.1, 0.15) is 19.4 Å². The smallest absolute Gasteiger partial charge is 0.416 e. The topological polar surface area (TPSA) is 81.4 Å². The van der Waals surface area contributed by atoms with Crippen LogP contribution >= 0.6 is 0 Å². The Morgan fingerprint density at radius 3 is 2.31 bits per heavy atom. The van der Waals surface area contributed by atoms with Crippen LogP contribution in [0, 0.1) is 0 Å². The summed E-state index contributed by atoms with van der Waals surface area (Å²) in [5.74, 6) is 0.357. The van der Waals surface area contributed by atoms with Gasteiger partial charge in [-0.2, -0.15) is 18.2 Å². The summed E-state index contributed by atoms with van der Waals surface area (Å²) in [5.41, 5.74) is 1.17. The molecule has 2 N–H and O–H groups in total. The molecule has 0 aliphatic carbocycles. The summed E-state index contributed by atoms with van der Waals surface area (Å²) >= 11 is 0. The fourth-order valence-electron chi connectivity index (χ4n) is 2.93. The fourth-order valence-corrected chi connectivity index (χ4v) is 2.93. The molecule has 172 valence electrons. The summed E-state index contributed by atoms with van der Waals surface area (Å²) in [7, 11) is 0. The number of alkyl halides is 3. The molecule has 0 aliphatic heterocycles. The molecule has 1 heterocycles. The van der Waals surface area contributed by atoms with Crippen LogP contribution in [-0.4, -0.2) is 52.3 Å². The third-order valence-corrected chi connectivity index (χ3v) is 4.50. The van der Waals surface area contributed by atoms with Crippen molar-refractivity contribution in [2.45, 2.75) is 26.1 Å². The lowest BCUT2D eigenvalue weighted by Gasteiger charge is -2.13. The lowest BCUT2D eigenvalue weighted by Crippen LogP contribution is -2.24. The Morgan fingerprint density at radius 2 is 1.72 bits per heavy atom. The average Bonchev–Trinajstić information content (AvgIpc) is 3.20. The Hall–Kier alpha value is -3.11. The second-order valence-corrected chi connectivity index (χ2v) is 6.88. The van der Waals surface area contributed by atoms with Gasteiger partial charge in [0.1, 0.15) is 0 Å². The highest BCUT2D eigenvalue weighted by Gasteiger charge is 2.30. The highest BCUT2D eigenvalue weighted by atomic mass is 19.4. The van der Waals surface area contributed by atoms with Crippen molar-refractivity contribution in [1.29, 1.82) is 0 Å². The summed E-state index contributed by atoms with van der Waals surface area (Å²) in [5, 5.41) is 17.3. The van der Waals surface area contributed by atoms with Gasteiger partial charge in [0.15, 0.2) is 5.82 Å². The Labute approximate surface area is 183 Å². The molecule has 0 fully saturated rings. The van der Waals surface area contributed by atoms with Gasteiger partial charge in [0.25, 0.3) is 0 Å². The van der Waals surface area contributed by atoms with Crippen molar-refractivity contribution in [2.75, 3.05) is 31.7 Å². The first-order chi connectivity index (χ1) is 15.3. The van der Waals surface area contributed by atoms with Crippen LogP contribution in [0.25, 0.3) is 17.1 Å². The van der Waals surface area contributed by atoms with E-state index in [4.69, 9.17) is 9.47 Å². The molecular weight excluding hydrogens is 425 g/mol. The lowest BCUT2D eigenvalue weighted by molar-refractivity contribution is -0.137. The maximum absolute atomic E-state index is 12.9. The molecule has 32 heavy (non-hydrogen) atoms. The molecule has 0 bridgehead atoms. The van der Waals surface area contributed by atoms with Crippen LogP contribution in [-0.2, 0) is 10.9 Å². The van der Waals surface area contributed by atoms with Crippen LogP contribution in [0.2, 0.25) is 0 Å². The normalized spacial score (nSPS) is 12.6. The van der Waals surface area contributed by atoms with Gasteiger partial charge in [0.2, 0.25) is 0 Å². The maximum Gasteiger partial charge on any atom is 0.416 e. The molecule has 10 heteroatoms. The van der Waals surface area contributed by atoms with Gasteiger partial charge in [-0.25, -0.2) is 4.68 Å². The van der Waals surface area contributed by atoms with E-state index in [0.717, 1.165) is 17.8 Å². The van der Waals surface area contributed by atoms with Gasteiger partial charge in [-0.15, -0.1) is 5.10 Å². The molecule has 0 aliphatic rings. The number of halogens is 3. The number of nitrogens with zero attached hydrogens (tertiary/aromatic N) is 3. The molecular formula is C22H25F3N4O3. The van der Waals surface area contributed by atoms with Crippen molar-refractivity contribution in [3.05, 3.63) is 54.1 Å². The van der Waals surface area contributed by atoms with E-state index < -0.39 is 17.8 Å². The van der Waals surface area contributed by atoms with Gasteiger partial charge in [-0.3, -0.25) is 0 Å². The number of nitrogens with one attached hydrogen (secondary N) is 1. The molecule has 0 saturated heterocycles. The van der Waals surface area contributed by atoms with E-state index in [1.54, 1.807) is 31.2 Å². The summed E-state index contributed by atoms with van der Waals surface area (Å²) in [6, 6.07) is 12.0. The predicted molar refractivity (Wildman–Crippen MR) is 114 cm³/mol. The van der Waals surface area contributed by atoms with Crippen LogP contribution in [0.4, 0.5) is 18.9 Å². The van der Waals surface area contributed by atoms with Crippen molar-refractivity contribution in [3.8, 4) is 23.1 Å². The van der Waals surface area contributed by atoms with E-state index in [1.807, 2.05) is 6.92 Å². The zero-order valence-electron chi connectivity index (χ0n) is 17.8. The number of rotatable bonds is 10. The molecule has 1 unspecified atom stereocenters. The first-order valence-electron chi connectivity index (χ1n) is 10.2. The van der Waals surface area contributed by atoms with E-state index >= 15 is 0 Å². The number of aromatic nitrogens is 3. The zero-order chi connectivity index (χ0) is 23.1. The van der Waals surface area contributed by atoms with Gasteiger partial charge < -0.3 is 19.9 Å². The molecule has 3 rings (SSSR count). The standard InChI is InChI=1S/C22H25F3N4O3/c1-3-31-14-19(30)13-26-17-9-11-18(12-10-17)29-20(27-21(28-29)32-4-2)15-5-7-16(8-6-15)22(23,24)25/h5-12,19,26,30H,3-4,13-14H2,1-2H3. The van der Waals surface area contributed by atoms with Gasteiger partial charge >= 0.3 is 12.2 Å². The van der Waals surface area contributed by atoms with Crippen molar-refractivity contribution < 1.29 is 27.8 Å². The first-order valence-corrected chi connectivity index (χ1v) is 10.2. The van der Waals surface area contributed by atoms with Crippen LogP contribution < -0.4 is 10.1 Å². The van der Waals surface area contributed by atoms with Crippen molar-refractivity contribution >= 4 is 5.69 Å². The Bertz CT molecular complexity index is 989. The van der Waals surface area contributed by atoms with Gasteiger partial charge in [-0.05, 0) is 50.2 Å². The van der Waals surface area contributed by atoms with E-state index in [1.165, 1.54) is 16.8 Å². The minimum atomic E-state index is -4.41. The molecule has 3 aromatic rings. The van der Waals surface area contributed by atoms with Gasteiger partial charge in [-0.1, -0.05) is 12.1 Å². The third kappa shape index (κ3) is 5.98. The number of benzene rings is 2. The monoisotopic (exact) mass is 450 g/mol. The summed E-state index contributed by atoms with van der Waals surface area (Å²) in [6.45, 7) is 5.11. The van der Waals surface area contributed by atoms with E-state index in [2.05, 4.69) is 15.4 Å². The number of aliphatic hydroxyl groups excluding tert-OH is 1. The Kier molecular flexibility index (Phi) is 7.70. The van der Waals surface area contributed by atoms with E-state index in [-0.39, 0.29) is 12.6 Å². The minimum absolute atomic E-state index is 0.128. The van der Waals surface area contributed by atoms with Crippen molar-refractivity contribution in [3.63, 3.8) is 0 Å². The number of hydrogen-bond donors (Lipinski definition) is 2. The van der Waals surface area contributed by atoms with E-state index in [0.29, 0.717) is 36.8 Å². The zero-order valence-corrected chi connectivity index (χ0v) is 17.8. The molecule has 7 nitrogen and oxygen atoms in total. The second kappa shape index (κ2) is 10.5. The lowest BCUT2D eigenvalue weighted by atomic mass is 10.1. The Morgan fingerprint density at radius 1 is 1.03 bits per heavy atom. The average molecular weight is 450 g/mol. The fraction of sp³-hybridized carbons (Fsp3) is 0.364. The minimum Gasteiger partial charge on any atom is -0.463 e. The highest BCUT2D eigenvalue weighted by molar-refractivity contribution is 5.60. The van der Waals surface area contributed by atoms with Gasteiger partial charge in [0.05, 0.1) is 30.6 Å². The molecule has 0 radical (unpaired) electrons. The Balaban J connectivity index is 1.82. The SMILES string of the molecule is CCOCC(O)CNc1ccc(-n2nc(OCC)nc2-c2ccc(C(F)(F)F)cc2)cc1. The molecule has 0 saturated carbocycles. The second-order valence-electron chi connectivity index (χ2n) is 6.88. The molecule has 1 atom stereocenters. The highest BCUT2D eigenvalue weighted by Crippen LogP contribution is 2.31. The summed E-state index contributed by atoms with van der Waals surface area (Å²) < 4.78 is 50.8. The molecule has 0 amide bonds. The summed E-state index contributed by atoms with van der Waals surface area (Å²) in [6.07, 6.45) is -5.05. The van der Waals surface area contributed by atoms with Gasteiger partial charge in [0, 0.05) is 24.4 Å². The largest absolute Gasteiger partial charge is 0.463 e. The molecule has 0 spiro atoms. The number of anilines is 1. The maximum atomic E-state index is 12.9. The summed E-state index contributed by atoms with van der Waals surface area (Å²) in [4.78, 5) is 4.33. The van der Waals surface area contributed by atoms with Crippen LogP contribution in [0.15, 0.2) is 48.5 Å². The van der Waals surface area contributed by atoms with Crippen molar-refractivity contribution in [1.82, 2.24) is 14.8 Å². The van der Waals surface area contributed by atoms with E-state index in [9.17, 15) is 18.3 Å². The third-order valence-electron chi connectivity index (χ3n) is 4.50. The number of aliphatic hydroxyl groups is 1. The molecule has 2 aromatic carbocycles. The number of hydrogen-bond acceptors (Lipinski definition) is 6. The first kappa shape index (κ1) is 23.6.